The van der Waals surface area contributed by atoms with Gasteiger partial charge in [0.05, 0.1) is 16.8 Å². The molecule has 0 spiro atoms. The molecule has 1 aromatic carbocycles. The van der Waals surface area contributed by atoms with E-state index in [-0.39, 0.29) is 36.2 Å². The van der Waals surface area contributed by atoms with E-state index in [0.29, 0.717) is 53.4 Å². The van der Waals surface area contributed by atoms with Crippen molar-refractivity contribution < 1.29 is 19.2 Å². The van der Waals surface area contributed by atoms with Crippen LogP contribution >= 0.6 is 0 Å². The van der Waals surface area contributed by atoms with Crippen molar-refractivity contribution in [2.45, 2.75) is 70.7 Å². The van der Waals surface area contributed by atoms with Gasteiger partial charge < -0.3 is 15.5 Å². The van der Waals surface area contributed by atoms with Crippen LogP contribution in [0, 0.1) is 11.3 Å². The zero-order chi connectivity index (χ0) is 34.2. The molecule has 13 heteroatoms. The standard InChI is InChI=1S/C36H37N9O4/c1-21(2)40-29-15-31(44-13-8-23-14-22(16-37)17-39-33(23)44)38-18-27(29)34(47)41-25-9-11-43(12-10-25)19-24-4-3-5-26-28(24)20-45(36(26)49)30-6-7-32(46)42-35(30)48/h3-5,8,13-15,17-18,21,25,30H,6-7,9-12,19-20H2,1-2H3,(H,38,40)(H,41,47)(H,42,46,48). The van der Waals surface area contributed by atoms with Crippen LogP contribution in [0.4, 0.5) is 5.69 Å². The number of aromatic nitrogens is 3. The number of hydrogen-bond acceptors (Lipinski definition) is 9. The predicted molar refractivity (Wildman–Crippen MR) is 181 cm³/mol. The Bertz CT molecular complexity index is 2020. The number of nitrogens with zero attached hydrogens (tertiary/aromatic N) is 6. The number of nitrogens with one attached hydrogen (secondary N) is 3. The molecule has 6 heterocycles. The highest BCUT2D eigenvalue weighted by Gasteiger charge is 2.40. The van der Waals surface area contributed by atoms with Crippen molar-refractivity contribution in [3.63, 3.8) is 0 Å². The van der Waals surface area contributed by atoms with Gasteiger partial charge in [0, 0.05) is 80.3 Å². The van der Waals surface area contributed by atoms with Gasteiger partial charge in [-0.05, 0) is 62.4 Å². The predicted octanol–water partition coefficient (Wildman–Crippen LogP) is 3.27. The lowest BCUT2D eigenvalue weighted by Gasteiger charge is -2.33. The average Bonchev–Trinajstić information content (AvgIpc) is 3.66. The Morgan fingerprint density at radius 1 is 1.08 bits per heavy atom. The van der Waals surface area contributed by atoms with Crippen LogP contribution in [-0.2, 0) is 22.7 Å². The molecule has 250 valence electrons. The quantitative estimate of drug-likeness (QED) is 0.241. The summed E-state index contributed by atoms with van der Waals surface area (Å²) < 4.78 is 1.84. The number of imide groups is 1. The largest absolute Gasteiger partial charge is 0.382 e. The lowest BCUT2D eigenvalue weighted by molar-refractivity contribution is -0.136. The first-order chi connectivity index (χ1) is 23.7. The maximum absolute atomic E-state index is 13.6. The minimum absolute atomic E-state index is 0.00618. The third-order valence-electron chi connectivity index (χ3n) is 9.48. The minimum atomic E-state index is -0.642. The van der Waals surface area contributed by atoms with Crippen molar-refractivity contribution in [2.75, 3.05) is 18.4 Å². The summed E-state index contributed by atoms with van der Waals surface area (Å²) in [5.41, 5.74) is 4.88. The van der Waals surface area contributed by atoms with Gasteiger partial charge in [0.25, 0.3) is 11.8 Å². The molecule has 4 aromatic rings. The third-order valence-corrected chi connectivity index (χ3v) is 9.48. The molecule has 3 aliphatic heterocycles. The molecule has 1 atom stereocenters. The lowest BCUT2D eigenvalue weighted by atomic mass is 10.00. The van der Waals surface area contributed by atoms with Crippen LogP contribution in [0.5, 0.6) is 0 Å². The van der Waals surface area contributed by atoms with Gasteiger partial charge in [-0.25, -0.2) is 9.97 Å². The van der Waals surface area contributed by atoms with Gasteiger partial charge in [0.1, 0.15) is 23.6 Å². The van der Waals surface area contributed by atoms with Gasteiger partial charge >= 0.3 is 0 Å². The van der Waals surface area contributed by atoms with Crippen LogP contribution in [-0.4, -0.2) is 79.2 Å². The summed E-state index contributed by atoms with van der Waals surface area (Å²) in [5.74, 6) is -0.472. The molecule has 0 radical (unpaired) electrons. The van der Waals surface area contributed by atoms with Gasteiger partial charge in [-0.15, -0.1) is 0 Å². The molecular formula is C36H37N9O4. The number of nitriles is 1. The van der Waals surface area contributed by atoms with Crippen LogP contribution in [0.1, 0.15) is 76.9 Å². The molecule has 2 fully saturated rings. The molecule has 2 saturated heterocycles. The third kappa shape index (κ3) is 6.35. The molecule has 0 saturated carbocycles. The molecule has 3 aliphatic rings. The number of rotatable bonds is 8. The lowest BCUT2D eigenvalue weighted by Crippen LogP contribution is -2.52. The maximum atomic E-state index is 13.6. The smallest absolute Gasteiger partial charge is 0.255 e. The summed E-state index contributed by atoms with van der Waals surface area (Å²) in [6.07, 6.45) is 7.07. The Labute approximate surface area is 283 Å². The second-order valence-electron chi connectivity index (χ2n) is 13.2. The first-order valence-corrected chi connectivity index (χ1v) is 16.6. The van der Waals surface area contributed by atoms with E-state index in [1.807, 2.05) is 54.9 Å². The highest BCUT2D eigenvalue weighted by molar-refractivity contribution is 6.05. The normalized spacial score (nSPS) is 18.4. The van der Waals surface area contributed by atoms with E-state index in [2.05, 4.69) is 36.9 Å². The number of pyridine rings is 2. The molecule has 1 unspecified atom stereocenters. The minimum Gasteiger partial charge on any atom is -0.382 e. The number of amides is 4. The summed E-state index contributed by atoms with van der Waals surface area (Å²) in [6, 6.07) is 12.8. The Morgan fingerprint density at radius 2 is 1.90 bits per heavy atom. The second kappa shape index (κ2) is 13.1. The second-order valence-corrected chi connectivity index (χ2v) is 13.2. The van der Waals surface area contributed by atoms with Crippen LogP contribution < -0.4 is 16.0 Å². The SMILES string of the molecule is CC(C)Nc1cc(-n2ccc3cc(C#N)cnc32)ncc1C(=O)NC1CCN(Cc2cccc3c2CN(C2CCC(=O)NC2=O)C3=O)CC1. The number of anilines is 1. The number of fused-ring (bicyclic) bond motifs is 2. The Kier molecular flexibility index (Phi) is 8.56. The first-order valence-electron chi connectivity index (χ1n) is 16.6. The van der Waals surface area contributed by atoms with E-state index < -0.39 is 11.9 Å². The molecular weight excluding hydrogens is 622 g/mol. The van der Waals surface area contributed by atoms with Crippen molar-refractivity contribution in [1.82, 2.24) is 35.0 Å². The zero-order valence-electron chi connectivity index (χ0n) is 27.4. The van der Waals surface area contributed by atoms with Crippen LogP contribution in [0.3, 0.4) is 0 Å². The highest BCUT2D eigenvalue weighted by atomic mass is 16.2. The van der Waals surface area contributed by atoms with E-state index in [0.717, 1.165) is 42.4 Å². The summed E-state index contributed by atoms with van der Waals surface area (Å²) in [6.45, 7) is 6.58. The number of hydrogen-bond donors (Lipinski definition) is 3. The van der Waals surface area contributed by atoms with E-state index >= 15 is 0 Å². The summed E-state index contributed by atoms with van der Waals surface area (Å²) in [7, 11) is 0. The van der Waals surface area contributed by atoms with E-state index in [4.69, 9.17) is 0 Å². The molecule has 0 bridgehead atoms. The number of carbonyl (C=O) groups excluding carboxylic acids is 4. The van der Waals surface area contributed by atoms with Crippen molar-refractivity contribution in [2.24, 2.45) is 0 Å². The fraction of sp³-hybridized carbons (Fsp3) is 0.361. The fourth-order valence-corrected chi connectivity index (χ4v) is 6.99. The highest BCUT2D eigenvalue weighted by Crippen LogP contribution is 2.31. The topological polar surface area (TPSA) is 165 Å². The Hall–Kier alpha value is -5.61. The zero-order valence-corrected chi connectivity index (χ0v) is 27.4. The molecule has 7 rings (SSSR count). The monoisotopic (exact) mass is 659 g/mol. The van der Waals surface area contributed by atoms with Crippen molar-refractivity contribution in [3.8, 4) is 11.9 Å². The number of piperidine rings is 2. The van der Waals surface area contributed by atoms with Crippen LogP contribution in [0.2, 0.25) is 0 Å². The molecule has 3 aromatic heterocycles. The fourth-order valence-electron chi connectivity index (χ4n) is 6.99. The number of likely N-dealkylation sites (tertiary alicyclic amines) is 1. The van der Waals surface area contributed by atoms with Gasteiger partial charge in [0.15, 0.2) is 0 Å². The first kappa shape index (κ1) is 32.0. The van der Waals surface area contributed by atoms with E-state index in [1.54, 1.807) is 17.2 Å². The van der Waals surface area contributed by atoms with Gasteiger partial charge in [-0.2, -0.15) is 5.26 Å². The Balaban J connectivity index is 0.996. The van der Waals surface area contributed by atoms with Crippen LogP contribution in [0.15, 0.2) is 55.0 Å². The Morgan fingerprint density at radius 3 is 2.65 bits per heavy atom. The van der Waals surface area contributed by atoms with Crippen molar-refractivity contribution >= 4 is 40.3 Å². The van der Waals surface area contributed by atoms with E-state index in [1.165, 1.54) is 6.20 Å². The molecule has 4 amide bonds. The van der Waals surface area contributed by atoms with Crippen molar-refractivity contribution in [3.05, 3.63) is 82.8 Å². The average molecular weight is 660 g/mol. The molecule has 49 heavy (non-hydrogen) atoms. The van der Waals surface area contributed by atoms with Gasteiger partial charge in [-0.3, -0.25) is 34.0 Å². The molecule has 3 N–H and O–H groups in total. The van der Waals surface area contributed by atoms with Crippen LogP contribution in [0.25, 0.3) is 16.9 Å². The van der Waals surface area contributed by atoms with Gasteiger partial charge in [-0.1, -0.05) is 12.1 Å². The summed E-state index contributed by atoms with van der Waals surface area (Å²) >= 11 is 0. The number of benzene rings is 1. The maximum Gasteiger partial charge on any atom is 0.255 e. The van der Waals surface area contributed by atoms with Gasteiger partial charge in [0.2, 0.25) is 11.8 Å². The molecule has 0 aliphatic carbocycles. The van der Waals surface area contributed by atoms with Crippen molar-refractivity contribution in [1.29, 1.82) is 5.26 Å². The molecule has 13 nitrogen and oxygen atoms in total. The summed E-state index contributed by atoms with van der Waals surface area (Å²) in [4.78, 5) is 64.0. The summed E-state index contributed by atoms with van der Waals surface area (Å²) in [5, 5.41) is 19.0. The van der Waals surface area contributed by atoms with E-state index in [9.17, 15) is 24.4 Å². The number of carbonyl (C=O) groups is 4.